The number of carbonyl (C=O) groups is 3. The van der Waals surface area contributed by atoms with Gasteiger partial charge in [-0.15, -0.1) is 0 Å². The molecule has 2 saturated heterocycles. The van der Waals surface area contributed by atoms with Gasteiger partial charge in [0.15, 0.2) is 9.84 Å². The third kappa shape index (κ3) is 10.6. The average molecular weight is 606 g/mol. The number of aromatic nitrogens is 1. The Bertz CT molecular complexity index is 1100. The predicted molar refractivity (Wildman–Crippen MR) is 127 cm³/mol. The van der Waals surface area contributed by atoms with Gasteiger partial charge in [0, 0.05) is 51.0 Å². The van der Waals surface area contributed by atoms with Crippen molar-refractivity contribution in [3.8, 4) is 0 Å². The Morgan fingerprint density at radius 3 is 1.95 bits per heavy atom. The number of amides is 1. The highest BCUT2D eigenvalue weighted by Gasteiger charge is 2.43. The van der Waals surface area contributed by atoms with E-state index >= 15 is 0 Å². The van der Waals surface area contributed by atoms with Gasteiger partial charge >= 0.3 is 24.3 Å². The minimum absolute atomic E-state index is 0.00678. The highest BCUT2D eigenvalue weighted by atomic mass is 32.2. The van der Waals surface area contributed by atoms with Crippen molar-refractivity contribution in [2.75, 3.05) is 25.4 Å². The second-order valence-electron chi connectivity index (χ2n) is 9.52. The first kappa shape index (κ1) is 33.3. The van der Waals surface area contributed by atoms with Crippen LogP contribution in [0.2, 0.25) is 0 Å². The summed E-state index contributed by atoms with van der Waals surface area (Å²) in [6, 6.07) is 3.94. The maximum absolute atomic E-state index is 12.7. The predicted octanol–water partition coefficient (Wildman–Crippen LogP) is 2.74. The first-order valence-corrected chi connectivity index (χ1v) is 13.9. The molecule has 226 valence electrons. The molecule has 0 radical (unpaired) electrons. The summed E-state index contributed by atoms with van der Waals surface area (Å²) in [7, 11) is -3.09. The van der Waals surface area contributed by atoms with Gasteiger partial charge in [0.05, 0.1) is 11.0 Å². The van der Waals surface area contributed by atoms with Crippen molar-refractivity contribution in [2.24, 2.45) is 5.92 Å². The number of halogens is 6. The van der Waals surface area contributed by atoms with Crippen LogP contribution < -0.4 is 0 Å². The molecular formula is C23H29F6N3O7S. The molecule has 2 N–H and O–H groups in total. The number of pyridine rings is 1. The number of carboxylic acid groups (broad SMARTS) is 2. The lowest BCUT2D eigenvalue weighted by atomic mass is 10.1. The summed E-state index contributed by atoms with van der Waals surface area (Å²) in [5.74, 6) is -4.52. The average Bonchev–Trinajstić information content (AvgIpc) is 3.67. The maximum atomic E-state index is 12.7. The monoisotopic (exact) mass is 605 g/mol. The topological polar surface area (TPSA) is 145 Å². The van der Waals surface area contributed by atoms with Gasteiger partial charge in [-0.2, -0.15) is 26.3 Å². The molecule has 1 aromatic rings. The number of fused-ring (bicyclic) bond motifs is 1. The molecular weight excluding hydrogens is 576 g/mol. The number of nitrogens with zero attached hydrogens (tertiary/aromatic N) is 3. The number of hydrogen-bond acceptors (Lipinski definition) is 7. The van der Waals surface area contributed by atoms with E-state index in [9.17, 15) is 39.6 Å². The molecule has 1 aliphatic carbocycles. The van der Waals surface area contributed by atoms with E-state index in [0.717, 1.165) is 31.4 Å². The standard InChI is InChI=1S/C19H27N3O3S.2C2HF3O2/c23-19(12-15-3-4-15)21-8-5-17-18(6-9-21)26(24,25)11-10-22(17)14-16-2-1-7-20-13-16;2*3-2(4,5)1(6)7/h1-2,7,13,15,17-18H,3-6,8-12,14H2;2*(H,6,7)/t17-,18+;;/m0../s1. The van der Waals surface area contributed by atoms with E-state index in [2.05, 4.69) is 9.88 Å². The van der Waals surface area contributed by atoms with E-state index in [-0.39, 0.29) is 23.0 Å². The fourth-order valence-corrected chi connectivity index (χ4v) is 6.37. The van der Waals surface area contributed by atoms with Crippen LogP contribution in [0.25, 0.3) is 0 Å². The molecule has 0 aromatic carbocycles. The van der Waals surface area contributed by atoms with Crippen LogP contribution >= 0.6 is 0 Å². The van der Waals surface area contributed by atoms with Crippen molar-refractivity contribution < 1.29 is 59.4 Å². The highest BCUT2D eigenvalue weighted by molar-refractivity contribution is 7.92. The zero-order valence-electron chi connectivity index (χ0n) is 21.1. The van der Waals surface area contributed by atoms with E-state index in [1.807, 2.05) is 23.2 Å². The molecule has 40 heavy (non-hydrogen) atoms. The summed E-state index contributed by atoms with van der Waals surface area (Å²) < 4.78 is 88.8. The van der Waals surface area contributed by atoms with Gasteiger partial charge in [-0.1, -0.05) is 6.07 Å². The Morgan fingerprint density at radius 1 is 0.925 bits per heavy atom. The SMILES string of the molecule is O=C(CC1CC1)N1CC[C@@H]2[C@H](CC1)N(Cc1cccnc1)CCS2(=O)=O.O=C(O)C(F)(F)F.O=C(O)C(F)(F)F. The summed E-state index contributed by atoms with van der Waals surface area (Å²) in [5.41, 5.74) is 1.11. The van der Waals surface area contributed by atoms with Gasteiger partial charge < -0.3 is 15.1 Å². The number of rotatable bonds is 4. The number of sulfone groups is 1. The minimum atomic E-state index is -5.08. The molecule has 2 atom stereocenters. The van der Waals surface area contributed by atoms with E-state index in [1.165, 1.54) is 0 Å². The van der Waals surface area contributed by atoms with Crippen LogP contribution in [0, 0.1) is 5.92 Å². The quantitative estimate of drug-likeness (QED) is 0.495. The Labute approximate surface area is 225 Å². The third-order valence-electron chi connectivity index (χ3n) is 6.51. The number of hydrogen-bond donors (Lipinski definition) is 2. The Morgan fingerprint density at radius 2 is 1.48 bits per heavy atom. The number of carbonyl (C=O) groups excluding carboxylic acids is 1. The molecule has 10 nitrogen and oxygen atoms in total. The van der Waals surface area contributed by atoms with Gasteiger partial charge in [0.25, 0.3) is 0 Å². The minimum Gasteiger partial charge on any atom is -0.475 e. The molecule has 3 heterocycles. The zero-order chi connectivity index (χ0) is 30.3. The molecule has 3 fully saturated rings. The lowest BCUT2D eigenvalue weighted by molar-refractivity contribution is -0.193. The van der Waals surface area contributed by atoms with Gasteiger partial charge in [-0.05, 0) is 43.2 Å². The molecule has 4 rings (SSSR count). The summed E-state index contributed by atoms with van der Waals surface area (Å²) >= 11 is 0. The molecule has 0 bridgehead atoms. The summed E-state index contributed by atoms with van der Waals surface area (Å²) in [5, 5.41) is 13.9. The number of aliphatic carboxylic acids is 2. The van der Waals surface area contributed by atoms with Gasteiger partial charge in [0.1, 0.15) is 0 Å². The number of carboxylic acids is 2. The van der Waals surface area contributed by atoms with Crippen LogP contribution in [0.5, 0.6) is 0 Å². The fourth-order valence-electron chi connectivity index (χ4n) is 4.33. The first-order chi connectivity index (χ1) is 18.4. The second-order valence-corrected chi connectivity index (χ2v) is 11.9. The van der Waals surface area contributed by atoms with Crippen LogP contribution in [0.3, 0.4) is 0 Å². The lowest BCUT2D eigenvalue weighted by Gasteiger charge is -2.40. The zero-order valence-corrected chi connectivity index (χ0v) is 21.9. The van der Waals surface area contributed by atoms with Crippen LogP contribution in [0.15, 0.2) is 24.5 Å². The summed E-state index contributed by atoms with van der Waals surface area (Å²) in [4.78, 5) is 38.7. The van der Waals surface area contributed by atoms with Crippen molar-refractivity contribution >= 4 is 27.7 Å². The molecule has 1 amide bonds. The first-order valence-electron chi connectivity index (χ1n) is 12.1. The van der Waals surface area contributed by atoms with Crippen molar-refractivity contribution in [2.45, 2.75) is 62.3 Å². The van der Waals surface area contributed by atoms with Crippen molar-refractivity contribution in [3.05, 3.63) is 30.1 Å². The smallest absolute Gasteiger partial charge is 0.475 e. The third-order valence-corrected chi connectivity index (χ3v) is 8.73. The summed E-state index contributed by atoms with van der Waals surface area (Å²) in [6.07, 6.45) is -2.30. The molecule has 0 unspecified atom stereocenters. The molecule has 0 spiro atoms. The largest absolute Gasteiger partial charge is 0.490 e. The van der Waals surface area contributed by atoms with Crippen molar-refractivity contribution in [1.29, 1.82) is 0 Å². The van der Waals surface area contributed by atoms with E-state index < -0.39 is 34.1 Å². The van der Waals surface area contributed by atoms with Gasteiger partial charge in [0.2, 0.25) is 5.91 Å². The Kier molecular flexibility index (Phi) is 11.3. The second kappa shape index (κ2) is 13.6. The maximum Gasteiger partial charge on any atom is 0.490 e. The van der Waals surface area contributed by atoms with Crippen LogP contribution in [0.4, 0.5) is 26.3 Å². The lowest BCUT2D eigenvalue weighted by Crippen LogP contribution is -2.54. The molecule has 3 aliphatic rings. The van der Waals surface area contributed by atoms with Gasteiger partial charge in [-0.3, -0.25) is 14.7 Å². The molecule has 1 aromatic heterocycles. The van der Waals surface area contributed by atoms with E-state index in [4.69, 9.17) is 19.8 Å². The Hall–Kier alpha value is -2.95. The molecule has 1 saturated carbocycles. The molecule has 17 heteroatoms. The normalized spacial score (nSPS) is 22.8. The summed E-state index contributed by atoms with van der Waals surface area (Å²) in [6.45, 7) is 2.54. The molecule has 2 aliphatic heterocycles. The van der Waals surface area contributed by atoms with Crippen LogP contribution in [0.1, 0.15) is 37.7 Å². The van der Waals surface area contributed by atoms with Gasteiger partial charge in [-0.25, -0.2) is 18.0 Å². The van der Waals surface area contributed by atoms with Crippen LogP contribution in [-0.4, -0.2) is 100 Å². The number of likely N-dealkylation sites (tertiary alicyclic amines) is 1. The van der Waals surface area contributed by atoms with E-state index in [0.29, 0.717) is 38.4 Å². The number of alkyl halides is 6. The van der Waals surface area contributed by atoms with E-state index in [1.54, 1.807) is 6.20 Å². The highest BCUT2D eigenvalue weighted by Crippen LogP contribution is 2.34. The Balaban J connectivity index is 0.000000333. The van der Waals surface area contributed by atoms with Crippen molar-refractivity contribution in [3.63, 3.8) is 0 Å². The van der Waals surface area contributed by atoms with Crippen molar-refractivity contribution in [1.82, 2.24) is 14.8 Å². The fraction of sp³-hybridized carbons (Fsp3) is 0.652. The van der Waals surface area contributed by atoms with Crippen LogP contribution in [-0.2, 0) is 30.8 Å².